The van der Waals surface area contributed by atoms with E-state index in [4.69, 9.17) is 8.53 Å². The molecular weight excluding hydrogens is 428 g/mol. The highest BCUT2D eigenvalue weighted by Gasteiger charge is 2.31. The predicted molar refractivity (Wildman–Crippen MR) is 144 cm³/mol. The van der Waals surface area contributed by atoms with Gasteiger partial charge in [0.15, 0.2) is 11.8 Å². The Kier molecular flexibility index (Phi) is 4.82. The van der Waals surface area contributed by atoms with Crippen molar-refractivity contribution in [2.24, 2.45) is 18.9 Å². The third kappa shape index (κ3) is 4.07. The molecule has 0 bridgehead atoms. The average Bonchev–Trinajstić information content (AvgIpc) is 3.26. The molecule has 182 valence electrons. The van der Waals surface area contributed by atoms with Gasteiger partial charge in [-0.3, -0.25) is 0 Å². The van der Waals surface area contributed by atoms with E-state index < -0.39 is 12.7 Å². The molecule has 1 aromatic carbocycles. The fraction of sp³-hybridized carbons (Fsp3) is 0.500. The number of hydrogen-bond donors (Lipinski definition) is 0. The van der Waals surface area contributed by atoms with Gasteiger partial charge in [0, 0.05) is 33.6 Å². The molecule has 0 saturated heterocycles. The van der Waals surface area contributed by atoms with Crippen molar-refractivity contribution >= 4 is 22.1 Å². The second kappa shape index (κ2) is 9.08. The van der Waals surface area contributed by atoms with Crippen LogP contribution in [-0.2, 0) is 7.05 Å². The van der Waals surface area contributed by atoms with E-state index in [0.717, 1.165) is 57.6 Å². The largest absolute Gasteiger partial charge is 0.437 e. The van der Waals surface area contributed by atoms with Gasteiger partial charge in [0.25, 0.3) is 0 Å². The van der Waals surface area contributed by atoms with Gasteiger partial charge in [0.05, 0.1) is 5.56 Å². The van der Waals surface area contributed by atoms with Gasteiger partial charge in [-0.2, -0.15) is 0 Å². The Morgan fingerprint density at radius 3 is 2.43 bits per heavy atom. The minimum absolute atomic E-state index is 0.298. The van der Waals surface area contributed by atoms with Crippen LogP contribution >= 0.6 is 0 Å². The molecule has 0 radical (unpaired) electrons. The quantitative estimate of drug-likeness (QED) is 0.282. The summed E-state index contributed by atoms with van der Waals surface area (Å²) in [4.78, 5) is 4.62. The van der Waals surface area contributed by atoms with Crippen LogP contribution in [0.2, 0.25) is 0 Å². The normalized spacial score (nSPS) is 25.9. The molecule has 3 nitrogen and oxygen atoms in total. The second-order valence-corrected chi connectivity index (χ2v) is 11.0. The molecule has 6 rings (SSSR count). The van der Waals surface area contributed by atoms with E-state index in [2.05, 4.69) is 30.1 Å². The zero-order valence-corrected chi connectivity index (χ0v) is 21.3. The number of pyridine rings is 2. The lowest BCUT2D eigenvalue weighted by atomic mass is 9.69. The van der Waals surface area contributed by atoms with Gasteiger partial charge >= 0.3 is 0 Å². The van der Waals surface area contributed by atoms with Crippen LogP contribution in [0.1, 0.15) is 91.5 Å². The van der Waals surface area contributed by atoms with Crippen molar-refractivity contribution in [2.75, 3.05) is 0 Å². The standard InChI is InChI=1S/C32H39N2O/c1-20-10-16-26-27-17-11-22(3)33-32(27)35-31(26)30(20)29-18-28(21(2)19-34(29)4)25-14-12-24(13-15-25)23-8-6-5-7-9-23/h10-11,16-19,23-25H,5-9,12-15H2,1-4H3/q+1/i2D3,25D. The summed E-state index contributed by atoms with van der Waals surface area (Å²) in [5, 5.41) is 1.96. The Balaban J connectivity index is 1.47. The lowest BCUT2D eigenvalue weighted by Crippen LogP contribution is -2.32. The Bertz CT molecular complexity index is 1540. The molecular formula is C32H39N2O+. The smallest absolute Gasteiger partial charge is 0.227 e. The highest BCUT2D eigenvalue weighted by atomic mass is 16.3. The Hall–Kier alpha value is -2.68. The number of fused-ring (bicyclic) bond motifs is 3. The zero-order chi connectivity index (χ0) is 27.5. The first-order valence-electron chi connectivity index (χ1n) is 15.4. The molecule has 2 saturated carbocycles. The minimum atomic E-state index is -2.29. The van der Waals surface area contributed by atoms with Crippen molar-refractivity contribution in [2.45, 2.75) is 84.4 Å². The number of aromatic nitrogens is 2. The van der Waals surface area contributed by atoms with Crippen LogP contribution in [0.5, 0.6) is 0 Å². The van der Waals surface area contributed by atoms with Crippen LogP contribution in [-0.4, -0.2) is 4.98 Å². The minimum Gasteiger partial charge on any atom is -0.437 e. The van der Waals surface area contributed by atoms with Crippen molar-refractivity contribution in [1.82, 2.24) is 4.98 Å². The summed E-state index contributed by atoms with van der Waals surface area (Å²) in [5.41, 5.74) is 6.06. The van der Waals surface area contributed by atoms with Crippen LogP contribution < -0.4 is 4.57 Å². The number of nitrogens with zero attached hydrogens (tertiary/aromatic N) is 2. The average molecular weight is 472 g/mol. The van der Waals surface area contributed by atoms with Crippen LogP contribution in [0, 0.1) is 32.5 Å². The molecule has 4 aromatic rings. The second-order valence-electron chi connectivity index (χ2n) is 11.0. The van der Waals surface area contributed by atoms with Crippen molar-refractivity contribution in [1.29, 1.82) is 0 Å². The van der Waals surface area contributed by atoms with Gasteiger partial charge in [-0.05, 0) is 87.4 Å². The van der Waals surface area contributed by atoms with E-state index in [1.54, 1.807) is 6.20 Å². The zero-order valence-electron chi connectivity index (χ0n) is 25.3. The monoisotopic (exact) mass is 471 g/mol. The third-order valence-electron chi connectivity index (χ3n) is 8.72. The van der Waals surface area contributed by atoms with Gasteiger partial charge < -0.3 is 4.42 Å². The first-order valence-corrected chi connectivity index (χ1v) is 13.4. The maximum absolute atomic E-state index is 9.65. The molecule has 3 aromatic heterocycles. The topological polar surface area (TPSA) is 29.9 Å². The van der Waals surface area contributed by atoms with Crippen molar-refractivity contribution in [3.8, 4) is 11.3 Å². The van der Waals surface area contributed by atoms with Crippen LogP contribution in [0.3, 0.4) is 0 Å². The molecule has 35 heavy (non-hydrogen) atoms. The molecule has 0 unspecified atom stereocenters. The molecule has 0 atom stereocenters. The summed E-state index contributed by atoms with van der Waals surface area (Å²) in [6.07, 6.45) is 11.8. The summed E-state index contributed by atoms with van der Waals surface area (Å²) < 4.78 is 43.0. The third-order valence-corrected chi connectivity index (χ3v) is 8.72. The summed E-state index contributed by atoms with van der Waals surface area (Å²) in [5.74, 6) is 0.536. The Morgan fingerprint density at radius 2 is 1.66 bits per heavy atom. The van der Waals surface area contributed by atoms with Gasteiger partial charge in [-0.15, -0.1) is 0 Å². The van der Waals surface area contributed by atoms with Crippen molar-refractivity contribution in [3.63, 3.8) is 0 Å². The van der Waals surface area contributed by atoms with Gasteiger partial charge in [-0.25, -0.2) is 9.55 Å². The van der Waals surface area contributed by atoms with E-state index in [1.807, 2.05) is 30.7 Å². The lowest BCUT2D eigenvalue weighted by molar-refractivity contribution is -0.660. The molecule has 0 aliphatic heterocycles. The summed E-state index contributed by atoms with van der Waals surface area (Å²) in [6.45, 7) is 1.72. The SMILES string of the molecule is [2H]C([2H])([2H])c1c[n+](C)c(-c2c(C)ccc3c2oc2nc(C)ccc23)cc1C1([2H])CCC(C2CCCCC2)CC1. The fourth-order valence-electron chi connectivity index (χ4n) is 6.75. The molecule has 2 fully saturated rings. The first-order chi connectivity index (χ1) is 18.5. The van der Waals surface area contributed by atoms with E-state index >= 15 is 0 Å². The molecule has 2 aliphatic carbocycles. The van der Waals surface area contributed by atoms with E-state index in [-0.39, 0.29) is 0 Å². The number of rotatable bonds is 3. The molecule has 2 aliphatic rings. The number of benzene rings is 1. The highest BCUT2D eigenvalue weighted by molar-refractivity contribution is 6.08. The maximum Gasteiger partial charge on any atom is 0.227 e. The van der Waals surface area contributed by atoms with E-state index in [9.17, 15) is 1.37 Å². The molecule has 0 spiro atoms. The lowest BCUT2D eigenvalue weighted by Gasteiger charge is -2.36. The fourth-order valence-corrected chi connectivity index (χ4v) is 6.75. The van der Waals surface area contributed by atoms with Gasteiger partial charge in [-0.1, -0.05) is 44.2 Å². The molecule has 3 heteroatoms. The Morgan fingerprint density at radius 1 is 0.914 bits per heavy atom. The van der Waals surface area contributed by atoms with E-state index in [1.165, 1.54) is 32.1 Å². The van der Waals surface area contributed by atoms with Gasteiger partial charge in [0.1, 0.15) is 7.05 Å². The van der Waals surface area contributed by atoms with Crippen LogP contribution in [0.15, 0.2) is 40.9 Å². The molecule has 0 N–H and O–H groups in total. The predicted octanol–water partition coefficient (Wildman–Crippen LogP) is 8.25. The number of aryl methyl sites for hydroxylation is 4. The molecule has 3 heterocycles. The van der Waals surface area contributed by atoms with Crippen LogP contribution in [0.4, 0.5) is 0 Å². The van der Waals surface area contributed by atoms with Crippen molar-refractivity contribution < 1.29 is 14.5 Å². The van der Waals surface area contributed by atoms with Crippen LogP contribution in [0.25, 0.3) is 33.3 Å². The Labute approximate surface area is 215 Å². The summed E-state index contributed by atoms with van der Waals surface area (Å²) in [6, 6.07) is 10.2. The summed E-state index contributed by atoms with van der Waals surface area (Å²) in [7, 11) is 1.90. The van der Waals surface area contributed by atoms with Gasteiger partial charge in [0.2, 0.25) is 11.4 Å². The number of hydrogen-bond acceptors (Lipinski definition) is 2. The van der Waals surface area contributed by atoms with E-state index in [0.29, 0.717) is 35.6 Å². The number of furan rings is 1. The molecule has 0 amide bonds. The van der Waals surface area contributed by atoms with Crippen molar-refractivity contribution in [3.05, 3.63) is 58.9 Å². The highest BCUT2D eigenvalue weighted by Crippen LogP contribution is 2.44. The maximum atomic E-state index is 9.65. The first kappa shape index (κ1) is 18.6. The summed E-state index contributed by atoms with van der Waals surface area (Å²) >= 11 is 0.